The van der Waals surface area contributed by atoms with Crippen LogP contribution in [0, 0.1) is 0 Å². The summed E-state index contributed by atoms with van der Waals surface area (Å²) in [7, 11) is 0. The van der Waals surface area contributed by atoms with Gasteiger partial charge < -0.3 is 14.4 Å². The van der Waals surface area contributed by atoms with Gasteiger partial charge in [-0.05, 0) is 20.8 Å². The quantitative estimate of drug-likeness (QED) is 0.797. The maximum Gasteiger partial charge on any atom is 0.343 e. The first-order valence-electron chi connectivity index (χ1n) is 8.58. The van der Waals surface area contributed by atoms with Crippen LogP contribution in [0.3, 0.4) is 0 Å². The van der Waals surface area contributed by atoms with Crippen LogP contribution in [0.25, 0.3) is 11.4 Å². The topological polar surface area (TPSA) is 64.5 Å². The number of ether oxygens (including phenoxy) is 2. The zero-order valence-electron chi connectivity index (χ0n) is 14.8. The number of hydrogen-bond acceptors (Lipinski definition) is 6. The molecule has 2 atom stereocenters. The Morgan fingerprint density at radius 2 is 1.92 bits per heavy atom. The summed E-state index contributed by atoms with van der Waals surface area (Å²) in [5.41, 5.74) is 1.30. The molecule has 6 nitrogen and oxygen atoms in total. The third-order valence-corrected chi connectivity index (χ3v) is 4.02. The first-order chi connectivity index (χ1) is 12.1. The van der Waals surface area contributed by atoms with Crippen LogP contribution in [0.1, 0.15) is 31.1 Å². The fraction of sp³-hybridized carbons (Fsp3) is 0.421. The van der Waals surface area contributed by atoms with Gasteiger partial charge in [-0.25, -0.2) is 14.8 Å². The van der Waals surface area contributed by atoms with Gasteiger partial charge in [-0.3, -0.25) is 0 Å². The van der Waals surface area contributed by atoms with E-state index in [1.165, 1.54) is 0 Å². The zero-order chi connectivity index (χ0) is 17.8. The Hall–Kier alpha value is -2.47. The summed E-state index contributed by atoms with van der Waals surface area (Å²) in [5.74, 6) is 0.800. The molecule has 0 bridgehead atoms. The number of rotatable bonds is 4. The molecule has 0 N–H and O–H groups in total. The predicted octanol–water partition coefficient (Wildman–Crippen LogP) is 2.93. The highest BCUT2D eigenvalue weighted by atomic mass is 16.5. The number of carbonyl (C=O) groups excluding carboxylic acids is 1. The summed E-state index contributed by atoms with van der Waals surface area (Å²) in [4.78, 5) is 23.5. The molecule has 1 aromatic heterocycles. The largest absolute Gasteiger partial charge is 0.462 e. The van der Waals surface area contributed by atoms with E-state index in [2.05, 4.69) is 9.88 Å². The molecule has 0 aliphatic carbocycles. The van der Waals surface area contributed by atoms with Gasteiger partial charge in [0.1, 0.15) is 11.4 Å². The molecule has 0 unspecified atom stereocenters. The average molecular weight is 341 g/mol. The molecule has 3 rings (SSSR count). The van der Waals surface area contributed by atoms with E-state index in [0.29, 0.717) is 36.9 Å². The monoisotopic (exact) mass is 341 g/mol. The van der Waals surface area contributed by atoms with E-state index < -0.39 is 5.97 Å². The minimum absolute atomic E-state index is 0.0638. The Kier molecular flexibility index (Phi) is 5.28. The molecule has 1 aliphatic heterocycles. The Labute approximate surface area is 147 Å². The Morgan fingerprint density at radius 1 is 1.24 bits per heavy atom. The van der Waals surface area contributed by atoms with Crippen molar-refractivity contribution in [2.75, 3.05) is 24.6 Å². The van der Waals surface area contributed by atoms with E-state index in [-0.39, 0.29) is 12.2 Å². The van der Waals surface area contributed by atoms with Crippen LogP contribution in [-0.4, -0.2) is 47.8 Å². The van der Waals surface area contributed by atoms with Crippen molar-refractivity contribution in [3.05, 3.63) is 42.1 Å². The van der Waals surface area contributed by atoms with E-state index >= 15 is 0 Å². The molecule has 1 aliphatic rings. The summed E-state index contributed by atoms with van der Waals surface area (Å²) in [6.07, 6.45) is 1.69. The summed E-state index contributed by atoms with van der Waals surface area (Å²) in [6, 6.07) is 9.73. The van der Waals surface area contributed by atoms with Gasteiger partial charge >= 0.3 is 5.97 Å². The predicted molar refractivity (Wildman–Crippen MR) is 95.6 cm³/mol. The lowest BCUT2D eigenvalue weighted by molar-refractivity contribution is -0.00560. The fourth-order valence-corrected chi connectivity index (χ4v) is 3.04. The molecule has 1 aromatic carbocycles. The van der Waals surface area contributed by atoms with Crippen molar-refractivity contribution in [2.45, 2.75) is 33.0 Å². The number of hydrogen-bond donors (Lipinski definition) is 0. The van der Waals surface area contributed by atoms with Crippen molar-refractivity contribution in [3.8, 4) is 11.4 Å². The molecule has 25 heavy (non-hydrogen) atoms. The Morgan fingerprint density at radius 3 is 2.56 bits per heavy atom. The van der Waals surface area contributed by atoms with Gasteiger partial charge in [-0.15, -0.1) is 0 Å². The van der Waals surface area contributed by atoms with Crippen LogP contribution >= 0.6 is 0 Å². The maximum atomic E-state index is 12.4. The second kappa shape index (κ2) is 7.61. The molecule has 0 radical (unpaired) electrons. The summed E-state index contributed by atoms with van der Waals surface area (Å²) in [6.45, 7) is 7.48. The molecule has 1 saturated heterocycles. The smallest absolute Gasteiger partial charge is 0.343 e. The van der Waals surface area contributed by atoms with E-state index in [9.17, 15) is 4.79 Å². The van der Waals surface area contributed by atoms with E-state index in [4.69, 9.17) is 14.5 Å². The van der Waals surface area contributed by atoms with Gasteiger partial charge in [0.05, 0.1) is 18.8 Å². The highest BCUT2D eigenvalue weighted by Crippen LogP contribution is 2.26. The van der Waals surface area contributed by atoms with Crippen molar-refractivity contribution >= 4 is 11.8 Å². The molecule has 132 valence electrons. The molecule has 0 amide bonds. The van der Waals surface area contributed by atoms with Crippen molar-refractivity contribution in [1.29, 1.82) is 0 Å². The van der Waals surface area contributed by atoms with Gasteiger partial charge in [0, 0.05) is 24.8 Å². The second-order valence-corrected chi connectivity index (χ2v) is 6.18. The second-order valence-electron chi connectivity index (χ2n) is 6.18. The number of anilines is 1. The summed E-state index contributed by atoms with van der Waals surface area (Å²) in [5, 5.41) is 0. The number of nitrogens with zero attached hydrogens (tertiary/aromatic N) is 3. The summed E-state index contributed by atoms with van der Waals surface area (Å²) >= 11 is 0. The zero-order valence-corrected chi connectivity index (χ0v) is 14.8. The first kappa shape index (κ1) is 17.4. The fourth-order valence-electron chi connectivity index (χ4n) is 3.04. The van der Waals surface area contributed by atoms with Gasteiger partial charge in [0.15, 0.2) is 5.82 Å². The van der Waals surface area contributed by atoms with Gasteiger partial charge in [-0.1, -0.05) is 30.3 Å². The first-order valence-corrected chi connectivity index (χ1v) is 8.58. The third kappa shape index (κ3) is 3.96. The van der Waals surface area contributed by atoms with Crippen LogP contribution in [0.4, 0.5) is 5.82 Å². The van der Waals surface area contributed by atoms with Crippen LogP contribution in [0.15, 0.2) is 36.5 Å². The van der Waals surface area contributed by atoms with Crippen molar-refractivity contribution in [1.82, 2.24) is 9.97 Å². The van der Waals surface area contributed by atoms with Crippen LogP contribution in [-0.2, 0) is 9.47 Å². The summed E-state index contributed by atoms with van der Waals surface area (Å²) < 4.78 is 11.0. The lowest BCUT2D eigenvalue weighted by atomic mass is 10.1. The number of carbonyl (C=O) groups is 1. The molecule has 0 saturated carbocycles. The average Bonchev–Trinajstić information content (AvgIpc) is 2.61. The van der Waals surface area contributed by atoms with Crippen molar-refractivity contribution in [3.63, 3.8) is 0 Å². The van der Waals surface area contributed by atoms with Crippen LogP contribution in [0.2, 0.25) is 0 Å². The Bertz CT molecular complexity index is 726. The highest BCUT2D eigenvalue weighted by Gasteiger charge is 2.28. The molecular weight excluding hydrogens is 318 g/mol. The Balaban J connectivity index is 2.03. The lowest BCUT2D eigenvalue weighted by Crippen LogP contribution is -2.46. The number of esters is 1. The minimum Gasteiger partial charge on any atom is -0.462 e. The van der Waals surface area contributed by atoms with E-state index in [1.807, 2.05) is 44.2 Å². The van der Waals surface area contributed by atoms with E-state index in [0.717, 1.165) is 5.56 Å². The normalized spacial score (nSPS) is 20.4. The molecular formula is C19H23N3O3. The maximum absolute atomic E-state index is 12.4. The van der Waals surface area contributed by atoms with Crippen LogP contribution < -0.4 is 4.90 Å². The van der Waals surface area contributed by atoms with Crippen LogP contribution in [0.5, 0.6) is 0 Å². The SMILES string of the molecule is CCOC(=O)c1cnc(-c2ccccc2)nc1N1C[C@@H](C)O[C@@H](C)C1. The van der Waals surface area contributed by atoms with Crippen molar-refractivity contribution in [2.24, 2.45) is 0 Å². The molecule has 6 heteroatoms. The van der Waals surface area contributed by atoms with Crippen molar-refractivity contribution < 1.29 is 14.3 Å². The van der Waals surface area contributed by atoms with Gasteiger partial charge in [0.25, 0.3) is 0 Å². The van der Waals surface area contributed by atoms with E-state index in [1.54, 1.807) is 13.1 Å². The molecule has 1 fully saturated rings. The molecule has 2 heterocycles. The minimum atomic E-state index is -0.399. The number of morpholine rings is 1. The number of benzene rings is 1. The molecule has 0 spiro atoms. The lowest BCUT2D eigenvalue weighted by Gasteiger charge is -2.36. The third-order valence-electron chi connectivity index (χ3n) is 4.02. The van der Waals surface area contributed by atoms with Gasteiger partial charge in [0.2, 0.25) is 0 Å². The highest BCUT2D eigenvalue weighted by molar-refractivity contribution is 5.94. The standard InChI is InChI=1S/C19H23N3O3/c1-4-24-19(23)16-10-20-17(15-8-6-5-7-9-15)21-18(16)22-11-13(2)25-14(3)12-22/h5-10,13-14H,4,11-12H2,1-3H3/t13-,14+. The van der Waals surface area contributed by atoms with Gasteiger partial charge in [-0.2, -0.15) is 0 Å². The number of aromatic nitrogens is 2. The molecule has 2 aromatic rings.